The summed E-state index contributed by atoms with van der Waals surface area (Å²) in [6.07, 6.45) is 1.43. The predicted octanol–water partition coefficient (Wildman–Crippen LogP) is 0.352. The molecule has 1 rings (SSSR count). The average Bonchev–Trinajstić information content (AvgIpc) is 2.37. The number of carboxylic acid groups (broad SMARTS) is 1. The number of carboxylic acids is 1. The highest BCUT2D eigenvalue weighted by Gasteiger charge is 2.11. The van der Waals surface area contributed by atoms with Crippen LogP contribution in [-0.4, -0.2) is 61.4 Å². The van der Waals surface area contributed by atoms with Crippen LogP contribution in [0.5, 0.6) is 0 Å². The number of nitrogens with two attached hydrogens (primary N) is 1. The largest absolute Gasteiger partial charge is 0.478 e. The van der Waals surface area contributed by atoms with Crippen molar-refractivity contribution in [2.45, 2.75) is 0 Å². The van der Waals surface area contributed by atoms with Gasteiger partial charge in [-0.15, -0.1) is 0 Å². The van der Waals surface area contributed by atoms with Crippen molar-refractivity contribution >= 4 is 17.5 Å². The topological polar surface area (TPSA) is 101 Å². The smallest absolute Gasteiger partial charge is 0.339 e. The summed E-state index contributed by atoms with van der Waals surface area (Å²) < 4.78 is 4.97. The van der Waals surface area contributed by atoms with Crippen molar-refractivity contribution in [2.24, 2.45) is 0 Å². The number of nitrogen functional groups attached to an aromatic ring is 1. The molecule has 7 nitrogen and oxygen atoms in total. The van der Waals surface area contributed by atoms with Gasteiger partial charge in [0.15, 0.2) is 0 Å². The van der Waals surface area contributed by atoms with Gasteiger partial charge in [-0.3, -0.25) is 0 Å². The molecule has 0 unspecified atom stereocenters. The van der Waals surface area contributed by atoms with Gasteiger partial charge in [0.1, 0.15) is 11.4 Å². The molecule has 0 bridgehead atoms. The fourth-order valence-electron chi connectivity index (χ4n) is 1.51. The molecule has 0 aromatic carbocycles. The summed E-state index contributed by atoms with van der Waals surface area (Å²) in [6, 6.07) is 1.40. The number of pyridine rings is 1. The second-order valence-corrected chi connectivity index (χ2v) is 4.19. The molecule has 19 heavy (non-hydrogen) atoms. The minimum Gasteiger partial charge on any atom is -0.478 e. The van der Waals surface area contributed by atoms with Gasteiger partial charge in [0, 0.05) is 26.7 Å². The maximum Gasteiger partial charge on any atom is 0.339 e. The van der Waals surface area contributed by atoms with E-state index in [1.807, 2.05) is 7.05 Å². The summed E-state index contributed by atoms with van der Waals surface area (Å²) in [5, 5.41) is 12.1. The van der Waals surface area contributed by atoms with Crippen molar-refractivity contribution in [1.82, 2.24) is 9.88 Å². The lowest BCUT2D eigenvalue weighted by atomic mass is 10.2. The molecule has 0 spiro atoms. The van der Waals surface area contributed by atoms with Gasteiger partial charge in [-0.1, -0.05) is 0 Å². The first kappa shape index (κ1) is 15.2. The third kappa shape index (κ3) is 5.11. The Balaban J connectivity index is 2.51. The van der Waals surface area contributed by atoms with Crippen molar-refractivity contribution in [2.75, 3.05) is 51.4 Å². The Kier molecular flexibility index (Phi) is 6.04. The normalized spacial score (nSPS) is 10.7. The molecule has 0 aliphatic rings. The van der Waals surface area contributed by atoms with E-state index in [2.05, 4.69) is 15.2 Å². The number of hydrogen-bond acceptors (Lipinski definition) is 6. The zero-order chi connectivity index (χ0) is 14.3. The third-order valence-electron chi connectivity index (χ3n) is 2.60. The van der Waals surface area contributed by atoms with Gasteiger partial charge < -0.3 is 25.8 Å². The van der Waals surface area contributed by atoms with E-state index in [-0.39, 0.29) is 5.56 Å². The summed E-state index contributed by atoms with van der Waals surface area (Å²) in [6.45, 7) is 2.84. The van der Waals surface area contributed by atoms with E-state index in [1.165, 1.54) is 12.3 Å². The second-order valence-electron chi connectivity index (χ2n) is 4.19. The summed E-state index contributed by atoms with van der Waals surface area (Å²) in [7, 11) is 3.62. The highest BCUT2D eigenvalue weighted by Crippen LogP contribution is 2.15. The number of anilines is 2. The van der Waals surface area contributed by atoms with E-state index in [4.69, 9.17) is 15.6 Å². The monoisotopic (exact) mass is 268 g/mol. The molecule has 106 valence electrons. The Hall–Kier alpha value is -1.86. The molecular weight excluding hydrogens is 248 g/mol. The summed E-state index contributed by atoms with van der Waals surface area (Å²) in [5.41, 5.74) is 5.94. The molecule has 0 saturated heterocycles. The van der Waals surface area contributed by atoms with Gasteiger partial charge in [0.2, 0.25) is 0 Å². The molecule has 0 radical (unpaired) electrons. The molecule has 0 amide bonds. The minimum absolute atomic E-state index is 0.0829. The Labute approximate surface area is 112 Å². The third-order valence-corrected chi connectivity index (χ3v) is 2.60. The number of nitrogens with zero attached hydrogens (tertiary/aromatic N) is 2. The van der Waals surface area contributed by atoms with E-state index in [0.29, 0.717) is 24.7 Å². The molecule has 0 atom stereocenters. The van der Waals surface area contributed by atoms with Crippen molar-refractivity contribution in [1.29, 1.82) is 0 Å². The van der Waals surface area contributed by atoms with Crippen LogP contribution in [0.25, 0.3) is 0 Å². The van der Waals surface area contributed by atoms with Crippen LogP contribution in [0.15, 0.2) is 12.3 Å². The predicted molar refractivity (Wildman–Crippen MR) is 73.5 cm³/mol. The van der Waals surface area contributed by atoms with Crippen molar-refractivity contribution in [3.63, 3.8) is 0 Å². The fourth-order valence-corrected chi connectivity index (χ4v) is 1.51. The molecule has 4 N–H and O–H groups in total. The molecule has 0 fully saturated rings. The van der Waals surface area contributed by atoms with Gasteiger partial charge in [0.25, 0.3) is 0 Å². The Morgan fingerprint density at radius 3 is 2.95 bits per heavy atom. The molecule has 1 aromatic rings. The standard InChI is InChI=1S/C12H20N4O3/c1-16(5-6-19-2)4-3-14-11-10(12(17)18)7-9(13)8-15-11/h7-8H,3-6,13H2,1-2H3,(H,14,15)(H,17,18). The molecule has 7 heteroatoms. The Bertz CT molecular complexity index is 425. The van der Waals surface area contributed by atoms with Gasteiger partial charge in [-0.05, 0) is 13.1 Å². The van der Waals surface area contributed by atoms with E-state index in [9.17, 15) is 4.79 Å². The molecule has 1 aromatic heterocycles. The average molecular weight is 268 g/mol. The summed E-state index contributed by atoms with van der Waals surface area (Å²) in [5.74, 6) is -0.711. The number of methoxy groups -OCH3 is 1. The van der Waals surface area contributed by atoms with Gasteiger partial charge in [-0.25, -0.2) is 9.78 Å². The SMILES string of the molecule is COCCN(C)CCNc1ncc(N)cc1C(=O)O. The number of rotatable bonds is 8. The second kappa shape index (κ2) is 7.55. The van der Waals surface area contributed by atoms with E-state index < -0.39 is 5.97 Å². The van der Waals surface area contributed by atoms with E-state index in [0.717, 1.165) is 13.1 Å². The lowest BCUT2D eigenvalue weighted by molar-refractivity contribution is 0.0697. The first-order valence-electron chi connectivity index (χ1n) is 5.94. The van der Waals surface area contributed by atoms with E-state index >= 15 is 0 Å². The molecule has 1 heterocycles. The number of carbonyl (C=O) groups is 1. The lowest BCUT2D eigenvalue weighted by Crippen LogP contribution is -2.28. The molecule has 0 aliphatic heterocycles. The van der Waals surface area contributed by atoms with Crippen LogP contribution >= 0.6 is 0 Å². The molecule has 0 aliphatic carbocycles. The van der Waals surface area contributed by atoms with Crippen LogP contribution in [0.2, 0.25) is 0 Å². The van der Waals surface area contributed by atoms with Gasteiger partial charge in [-0.2, -0.15) is 0 Å². The highest BCUT2D eigenvalue weighted by molar-refractivity contribution is 5.94. The maximum absolute atomic E-state index is 11.0. The number of aromatic nitrogens is 1. The van der Waals surface area contributed by atoms with Crippen molar-refractivity contribution in [3.05, 3.63) is 17.8 Å². The highest BCUT2D eigenvalue weighted by atomic mass is 16.5. The first-order valence-corrected chi connectivity index (χ1v) is 5.94. The summed E-state index contributed by atoms with van der Waals surface area (Å²) >= 11 is 0. The van der Waals surface area contributed by atoms with Gasteiger partial charge in [0.05, 0.1) is 18.5 Å². The number of likely N-dealkylation sites (N-methyl/N-ethyl adjacent to an activating group) is 1. The zero-order valence-electron chi connectivity index (χ0n) is 11.2. The molecule has 0 saturated carbocycles. The quantitative estimate of drug-likeness (QED) is 0.625. The maximum atomic E-state index is 11.0. The van der Waals surface area contributed by atoms with Gasteiger partial charge >= 0.3 is 5.97 Å². The lowest BCUT2D eigenvalue weighted by Gasteiger charge is -2.17. The van der Waals surface area contributed by atoms with Crippen molar-refractivity contribution in [3.8, 4) is 0 Å². The fraction of sp³-hybridized carbons (Fsp3) is 0.500. The van der Waals surface area contributed by atoms with Crippen LogP contribution in [0, 0.1) is 0 Å². The Morgan fingerprint density at radius 1 is 1.58 bits per heavy atom. The van der Waals surface area contributed by atoms with Crippen LogP contribution in [0.4, 0.5) is 11.5 Å². The number of nitrogens with one attached hydrogen (secondary N) is 1. The number of aromatic carboxylic acids is 1. The van der Waals surface area contributed by atoms with Crippen LogP contribution < -0.4 is 11.1 Å². The first-order chi connectivity index (χ1) is 9.04. The van der Waals surface area contributed by atoms with Crippen LogP contribution in [-0.2, 0) is 4.74 Å². The Morgan fingerprint density at radius 2 is 2.32 bits per heavy atom. The van der Waals surface area contributed by atoms with Crippen LogP contribution in [0.3, 0.4) is 0 Å². The van der Waals surface area contributed by atoms with Crippen molar-refractivity contribution < 1.29 is 14.6 Å². The molecular formula is C12H20N4O3. The zero-order valence-corrected chi connectivity index (χ0v) is 11.2. The van der Waals surface area contributed by atoms with Crippen LogP contribution in [0.1, 0.15) is 10.4 Å². The minimum atomic E-state index is -1.05. The number of ether oxygens (including phenoxy) is 1. The number of hydrogen-bond donors (Lipinski definition) is 3. The van der Waals surface area contributed by atoms with E-state index in [1.54, 1.807) is 7.11 Å². The summed E-state index contributed by atoms with van der Waals surface area (Å²) in [4.78, 5) is 17.1.